The maximum Gasteiger partial charge on any atom is 0.295 e. The molecule has 0 saturated carbocycles. The van der Waals surface area contributed by atoms with Crippen molar-refractivity contribution in [1.82, 2.24) is 24.9 Å². The van der Waals surface area contributed by atoms with Crippen LogP contribution >= 0.6 is 0 Å². The van der Waals surface area contributed by atoms with Crippen molar-refractivity contribution in [3.8, 4) is 0 Å². The van der Waals surface area contributed by atoms with Crippen molar-refractivity contribution in [1.29, 1.82) is 0 Å². The molecule has 26 heavy (non-hydrogen) atoms. The van der Waals surface area contributed by atoms with E-state index < -0.39 is 5.91 Å². The zero-order valence-corrected chi connectivity index (χ0v) is 14.9. The fourth-order valence-electron chi connectivity index (χ4n) is 2.36. The molecule has 8 heteroatoms. The number of nitrogens with one attached hydrogen (secondary N) is 2. The van der Waals surface area contributed by atoms with Gasteiger partial charge in [0.1, 0.15) is 0 Å². The summed E-state index contributed by atoms with van der Waals surface area (Å²) in [7, 11) is 0. The number of anilines is 1. The normalized spacial score (nSPS) is 10.9. The molecule has 0 radical (unpaired) electrons. The SMILES string of the molecule is Cc1ccnc2nc(C(=O)Nc3ccccc3C(=O)NCC(C)C)nn12. The number of benzene rings is 1. The Morgan fingerprint density at radius 2 is 1.92 bits per heavy atom. The third-order valence-electron chi connectivity index (χ3n) is 3.72. The number of aromatic nitrogens is 4. The van der Waals surface area contributed by atoms with Crippen LogP contribution in [0.25, 0.3) is 5.78 Å². The van der Waals surface area contributed by atoms with E-state index in [1.807, 2.05) is 20.8 Å². The van der Waals surface area contributed by atoms with Gasteiger partial charge in [-0.3, -0.25) is 9.59 Å². The number of hydrogen-bond donors (Lipinski definition) is 2. The molecule has 2 heterocycles. The third-order valence-corrected chi connectivity index (χ3v) is 3.72. The topological polar surface area (TPSA) is 101 Å². The van der Waals surface area contributed by atoms with Crippen molar-refractivity contribution in [2.45, 2.75) is 20.8 Å². The zero-order chi connectivity index (χ0) is 18.7. The lowest BCUT2D eigenvalue weighted by Gasteiger charge is -2.11. The highest BCUT2D eigenvalue weighted by molar-refractivity contribution is 6.07. The van der Waals surface area contributed by atoms with Gasteiger partial charge in [-0.05, 0) is 31.0 Å². The van der Waals surface area contributed by atoms with Crippen molar-refractivity contribution in [3.05, 3.63) is 53.6 Å². The number of carbonyl (C=O) groups excluding carboxylic acids is 2. The van der Waals surface area contributed by atoms with Crippen molar-refractivity contribution in [2.24, 2.45) is 5.92 Å². The van der Waals surface area contributed by atoms with Gasteiger partial charge in [0, 0.05) is 18.4 Å². The summed E-state index contributed by atoms with van der Waals surface area (Å²) < 4.78 is 1.50. The van der Waals surface area contributed by atoms with E-state index in [1.54, 1.807) is 36.5 Å². The van der Waals surface area contributed by atoms with E-state index in [4.69, 9.17) is 0 Å². The lowest BCUT2D eigenvalue weighted by molar-refractivity contribution is 0.0950. The molecule has 0 aliphatic heterocycles. The van der Waals surface area contributed by atoms with Crippen LogP contribution in [0.1, 0.15) is 40.5 Å². The Bertz CT molecular complexity index is 963. The molecule has 0 spiro atoms. The van der Waals surface area contributed by atoms with Crippen molar-refractivity contribution in [2.75, 3.05) is 11.9 Å². The van der Waals surface area contributed by atoms with Gasteiger partial charge in [-0.1, -0.05) is 26.0 Å². The minimum Gasteiger partial charge on any atom is -0.352 e. The number of rotatable bonds is 5. The third kappa shape index (κ3) is 3.69. The summed E-state index contributed by atoms with van der Waals surface area (Å²) in [5, 5.41) is 9.73. The van der Waals surface area contributed by atoms with E-state index in [9.17, 15) is 9.59 Å². The van der Waals surface area contributed by atoms with Crippen LogP contribution in [0.3, 0.4) is 0 Å². The van der Waals surface area contributed by atoms with Crippen molar-refractivity contribution >= 4 is 23.3 Å². The maximum atomic E-state index is 12.5. The number of hydrogen-bond acceptors (Lipinski definition) is 5. The summed E-state index contributed by atoms with van der Waals surface area (Å²) in [5.41, 5.74) is 1.61. The van der Waals surface area contributed by atoms with Crippen LogP contribution in [-0.4, -0.2) is 37.9 Å². The summed E-state index contributed by atoms with van der Waals surface area (Å²) in [5.74, 6) is -0.0741. The van der Waals surface area contributed by atoms with E-state index in [0.29, 0.717) is 29.5 Å². The second-order valence-corrected chi connectivity index (χ2v) is 6.34. The fourth-order valence-corrected chi connectivity index (χ4v) is 2.36. The van der Waals surface area contributed by atoms with Crippen LogP contribution in [0, 0.1) is 12.8 Å². The molecule has 0 saturated heterocycles. The summed E-state index contributed by atoms with van der Waals surface area (Å²) in [6.45, 7) is 6.43. The second kappa shape index (κ2) is 7.30. The van der Waals surface area contributed by atoms with Gasteiger partial charge < -0.3 is 10.6 Å². The Labute approximate surface area is 150 Å². The van der Waals surface area contributed by atoms with Gasteiger partial charge >= 0.3 is 0 Å². The molecule has 0 atom stereocenters. The molecule has 1 aromatic carbocycles. The van der Waals surface area contributed by atoms with Gasteiger partial charge in [0.05, 0.1) is 11.3 Å². The monoisotopic (exact) mass is 352 g/mol. The minimum atomic E-state index is -0.501. The van der Waals surface area contributed by atoms with Gasteiger partial charge in [0.25, 0.3) is 17.6 Å². The first-order chi connectivity index (χ1) is 12.5. The first-order valence-electron chi connectivity index (χ1n) is 8.32. The number of para-hydroxylation sites is 1. The highest BCUT2D eigenvalue weighted by Gasteiger charge is 2.18. The molecule has 0 aliphatic carbocycles. The summed E-state index contributed by atoms with van der Waals surface area (Å²) in [4.78, 5) is 33.1. The van der Waals surface area contributed by atoms with E-state index in [1.165, 1.54) is 4.52 Å². The van der Waals surface area contributed by atoms with Crippen molar-refractivity contribution < 1.29 is 9.59 Å². The molecular weight excluding hydrogens is 332 g/mol. The van der Waals surface area contributed by atoms with Gasteiger partial charge in [-0.15, -0.1) is 5.10 Å². The lowest BCUT2D eigenvalue weighted by atomic mass is 10.1. The predicted molar refractivity (Wildman–Crippen MR) is 97.1 cm³/mol. The van der Waals surface area contributed by atoms with Crippen LogP contribution in [0.15, 0.2) is 36.5 Å². The van der Waals surface area contributed by atoms with Crippen molar-refractivity contribution in [3.63, 3.8) is 0 Å². The van der Waals surface area contributed by atoms with E-state index in [0.717, 1.165) is 5.69 Å². The number of nitrogens with zero attached hydrogens (tertiary/aromatic N) is 4. The molecule has 3 rings (SSSR count). The average Bonchev–Trinajstić information content (AvgIpc) is 3.06. The average molecular weight is 352 g/mol. The highest BCUT2D eigenvalue weighted by Crippen LogP contribution is 2.16. The van der Waals surface area contributed by atoms with Gasteiger partial charge in [-0.2, -0.15) is 4.98 Å². The number of aryl methyl sites for hydroxylation is 1. The van der Waals surface area contributed by atoms with E-state index in [-0.39, 0.29) is 11.7 Å². The smallest absolute Gasteiger partial charge is 0.295 e. The molecule has 3 aromatic rings. The van der Waals surface area contributed by atoms with Crippen LogP contribution in [0.2, 0.25) is 0 Å². The lowest BCUT2D eigenvalue weighted by Crippen LogP contribution is -2.28. The summed E-state index contributed by atoms with van der Waals surface area (Å²) >= 11 is 0. The molecule has 2 amide bonds. The molecule has 0 unspecified atom stereocenters. The number of fused-ring (bicyclic) bond motifs is 1. The molecule has 8 nitrogen and oxygen atoms in total. The standard InChI is InChI=1S/C18H20N6O2/c1-11(2)10-20-16(25)13-6-4-5-7-14(13)21-17(26)15-22-18-19-9-8-12(3)24(18)23-15/h4-9,11H,10H2,1-3H3,(H,20,25)(H,21,26). The van der Waals surface area contributed by atoms with Gasteiger partial charge in [-0.25, -0.2) is 9.50 Å². The van der Waals surface area contributed by atoms with Crippen LogP contribution < -0.4 is 10.6 Å². The van der Waals surface area contributed by atoms with Crippen LogP contribution in [-0.2, 0) is 0 Å². The summed E-state index contributed by atoms with van der Waals surface area (Å²) in [6, 6.07) is 8.60. The molecule has 0 fully saturated rings. The number of amides is 2. The highest BCUT2D eigenvalue weighted by atomic mass is 16.2. The predicted octanol–water partition coefficient (Wildman–Crippen LogP) is 2.07. The molecule has 2 N–H and O–H groups in total. The first-order valence-corrected chi connectivity index (χ1v) is 8.32. The van der Waals surface area contributed by atoms with Crippen LogP contribution in [0.4, 0.5) is 5.69 Å². The molecular formula is C18H20N6O2. The largest absolute Gasteiger partial charge is 0.352 e. The van der Waals surface area contributed by atoms with Crippen LogP contribution in [0.5, 0.6) is 0 Å². The number of carbonyl (C=O) groups is 2. The Hall–Kier alpha value is -3.29. The molecule has 2 aromatic heterocycles. The Balaban J connectivity index is 1.82. The Morgan fingerprint density at radius 1 is 1.15 bits per heavy atom. The molecule has 0 aliphatic rings. The molecule has 0 bridgehead atoms. The Morgan fingerprint density at radius 3 is 2.65 bits per heavy atom. The zero-order valence-electron chi connectivity index (χ0n) is 14.9. The molecule has 134 valence electrons. The Kier molecular flexibility index (Phi) is 4.92. The van der Waals surface area contributed by atoms with Gasteiger partial charge in [0.15, 0.2) is 0 Å². The maximum absolute atomic E-state index is 12.5. The minimum absolute atomic E-state index is 0.0100. The quantitative estimate of drug-likeness (QED) is 0.732. The van der Waals surface area contributed by atoms with E-state index in [2.05, 4.69) is 25.7 Å². The fraction of sp³-hybridized carbons (Fsp3) is 0.278. The van der Waals surface area contributed by atoms with E-state index >= 15 is 0 Å². The first kappa shape index (κ1) is 17.5. The second-order valence-electron chi connectivity index (χ2n) is 6.34. The van der Waals surface area contributed by atoms with Gasteiger partial charge in [0.2, 0.25) is 5.82 Å². The summed E-state index contributed by atoms with van der Waals surface area (Å²) in [6.07, 6.45) is 1.61.